The highest BCUT2D eigenvalue weighted by atomic mass is 32.2. The van der Waals surface area contributed by atoms with Crippen LogP contribution in [0.5, 0.6) is 0 Å². The van der Waals surface area contributed by atoms with E-state index in [1.54, 1.807) is 29.3 Å². The minimum absolute atomic E-state index is 0.0523. The summed E-state index contributed by atoms with van der Waals surface area (Å²) < 4.78 is 13.0. The Morgan fingerprint density at radius 3 is 2.46 bits per heavy atom. The van der Waals surface area contributed by atoms with Crippen molar-refractivity contribution >= 4 is 34.9 Å². The van der Waals surface area contributed by atoms with Crippen molar-refractivity contribution in [2.75, 3.05) is 5.75 Å². The second kappa shape index (κ2) is 10.0. The molecule has 2 N–H and O–H groups in total. The standard InChI is InChI=1S/C20H18FN3O2S2/c21-15-8-6-14(7-9-15)20-22-16(13-28-20)12-19(26)24-23-18(25)10-11-27-17-4-2-1-3-5-17/h1-9,13H,10-12H2,(H,23,25)(H,24,26). The van der Waals surface area contributed by atoms with Crippen molar-refractivity contribution in [2.24, 2.45) is 0 Å². The van der Waals surface area contributed by atoms with Crippen LogP contribution < -0.4 is 10.9 Å². The van der Waals surface area contributed by atoms with Crippen molar-refractivity contribution in [3.8, 4) is 10.6 Å². The Morgan fingerprint density at radius 2 is 1.71 bits per heavy atom. The molecule has 2 aromatic carbocycles. The number of benzene rings is 2. The van der Waals surface area contributed by atoms with Crippen molar-refractivity contribution in [1.29, 1.82) is 0 Å². The van der Waals surface area contributed by atoms with Crippen molar-refractivity contribution in [3.05, 3.63) is 71.5 Å². The first-order valence-electron chi connectivity index (χ1n) is 8.56. The Bertz CT molecular complexity index is 930. The molecule has 0 spiro atoms. The molecule has 0 radical (unpaired) electrons. The zero-order chi connectivity index (χ0) is 19.8. The van der Waals surface area contributed by atoms with Gasteiger partial charge in [-0.2, -0.15) is 0 Å². The molecule has 8 heteroatoms. The van der Waals surface area contributed by atoms with Crippen LogP contribution in [-0.2, 0) is 16.0 Å². The van der Waals surface area contributed by atoms with E-state index in [2.05, 4.69) is 15.8 Å². The smallest absolute Gasteiger partial charge is 0.244 e. The van der Waals surface area contributed by atoms with Crippen LogP contribution in [0.4, 0.5) is 4.39 Å². The molecule has 3 rings (SSSR count). The van der Waals surface area contributed by atoms with Gasteiger partial charge < -0.3 is 0 Å². The summed E-state index contributed by atoms with van der Waals surface area (Å²) in [5.41, 5.74) is 6.21. The molecule has 0 bridgehead atoms. The maximum atomic E-state index is 13.0. The first-order chi connectivity index (χ1) is 13.6. The third-order valence-corrected chi connectivity index (χ3v) is 5.62. The number of carbonyl (C=O) groups excluding carboxylic acids is 2. The van der Waals surface area contributed by atoms with Crippen LogP contribution >= 0.6 is 23.1 Å². The van der Waals surface area contributed by atoms with Crippen LogP contribution in [0.2, 0.25) is 0 Å². The number of nitrogens with one attached hydrogen (secondary N) is 2. The summed E-state index contributed by atoms with van der Waals surface area (Å²) in [5, 5.41) is 2.49. The molecule has 0 saturated carbocycles. The summed E-state index contributed by atoms with van der Waals surface area (Å²) >= 11 is 2.96. The molecule has 0 saturated heterocycles. The molecule has 0 unspecified atom stereocenters. The lowest BCUT2D eigenvalue weighted by Gasteiger charge is -2.06. The van der Waals surface area contributed by atoms with Gasteiger partial charge in [0.2, 0.25) is 11.8 Å². The fourth-order valence-electron chi connectivity index (χ4n) is 2.30. The Morgan fingerprint density at radius 1 is 1.00 bits per heavy atom. The van der Waals surface area contributed by atoms with E-state index in [0.717, 1.165) is 10.5 Å². The van der Waals surface area contributed by atoms with Gasteiger partial charge in [-0.3, -0.25) is 20.4 Å². The lowest BCUT2D eigenvalue weighted by atomic mass is 10.2. The number of aromatic nitrogens is 1. The zero-order valence-electron chi connectivity index (χ0n) is 14.9. The molecule has 0 fully saturated rings. The summed E-state index contributed by atoms with van der Waals surface area (Å²) in [7, 11) is 0. The lowest BCUT2D eigenvalue weighted by Crippen LogP contribution is -2.42. The number of nitrogens with zero attached hydrogens (tertiary/aromatic N) is 1. The van der Waals surface area contributed by atoms with E-state index in [9.17, 15) is 14.0 Å². The SMILES string of the molecule is O=C(CCSc1ccccc1)NNC(=O)Cc1csc(-c2ccc(F)cc2)n1. The van der Waals surface area contributed by atoms with Gasteiger partial charge in [-0.25, -0.2) is 9.37 Å². The molecule has 0 aliphatic heterocycles. The Labute approximate surface area is 170 Å². The number of thioether (sulfide) groups is 1. The van der Waals surface area contributed by atoms with Gasteiger partial charge in [0.15, 0.2) is 0 Å². The minimum Gasteiger partial charge on any atom is -0.273 e. The fourth-order valence-corrected chi connectivity index (χ4v) is 4.00. The quantitative estimate of drug-likeness (QED) is 0.455. The average Bonchev–Trinajstić information content (AvgIpc) is 3.16. The Hall–Kier alpha value is -2.71. The first kappa shape index (κ1) is 20.0. The summed E-state index contributed by atoms with van der Waals surface area (Å²) in [5.74, 6) is -0.279. The fraction of sp³-hybridized carbons (Fsp3) is 0.150. The number of amides is 2. The van der Waals surface area contributed by atoms with Crippen LogP contribution in [-0.4, -0.2) is 22.6 Å². The average molecular weight is 416 g/mol. The summed E-state index contributed by atoms with van der Waals surface area (Å²) in [6.45, 7) is 0. The van der Waals surface area contributed by atoms with Gasteiger partial charge >= 0.3 is 0 Å². The van der Waals surface area contributed by atoms with E-state index in [0.29, 0.717) is 22.9 Å². The maximum Gasteiger partial charge on any atom is 0.244 e. The summed E-state index contributed by atoms with van der Waals surface area (Å²) in [6, 6.07) is 15.8. The number of carbonyl (C=O) groups is 2. The summed E-state index contributed by atoms with van der Waals surface area (Å²) in [4.78, 5) is 29.3. The van der Waals surface area contributed by atoms with E-state index >= 15 is 0 Å². The predicted octanol–water partition coefficient (Wildman–Crippen LogP) is 3.82. The number of hydrogen-bond donors (Lipinski definition) is 2. The zero-order valence-corrected chi connectivity index (χ0v) is 16.5. The highest BCUT2D eigenvalue weighted by Gasteiger charge is 2.10. The highest BCUT2D eigenvalue weighted by Crippen LogP contribution is 2.24. The number of thiazole rings is 1. The van der Waals surface area contributed by atoms with Gasteiger partial charge in [0.05, 0.1) is 12.1 Å². The molecular formula is C20H18FN3O2S2. The molecule has 5 nitrogen and oxygen atoms in total. The molecule has 0 atom stereocenters. The molecule has 0 aliphatic carbocycles. The normalized spacial score (nSPS) is 10.5. The lowest BCUT2D eigenvalue weighted by molar-refractivity contribution is -0.128. The van der Waals surface area contributed by atoms with Crippen molar-refractivity contribution in [1.82, 2.24) is 15.8 Å². The third kappa shape index (κ3) is 6.17. The molecule has 1 aromatic heterocycles. The second-order valence-corrected chi connectivity index (χ2v) is 7.86. The van der Waals surface area contributed by atoms with Gasteiger partial charge in [0, 0.05) is 28.0 Å². The Balaban J connectivity index is 1.39. The second-order valence-electron chi connectivity index (χ2n) is 5.84. The van der Waals surface area contributed by atoms with Crippen molar-refractivity contribution in [3.63, 3.8) is 0 Å². The van der Waals surface area contributed by atoms with Crippen LogP contribution in [0.15, 0.2) is 64.9 Å². The molecule has 2 amide bonds. The van der Waals surface area contributed by atoms with Gasteiger partial charge in [0.25, 0.3) is 0 Å². The van der Waals surface area contributed by atoms with Gasteiger partial charge in [0.1, 0.15) is 10.8 Å². The van der Waals surface area contributed by atoms with E-state index < -0.39 is 0 Å². The summed E-state index contributed by atoms with van der Waals surface area (Å²) in [6.07, 6.45) is 0.349. The minimum atomic E-state index is -0.347. The van der Waals surface area contributed by atoms with Crippen LogP contribution in [0.3, 0.4) is 0 Å². The van der Waals surface area contributed by atoms with E-state index in [1.807, 2.05) is 30.3 Å². The number of rotatable bonds is 7. The molecule has 1 heterocycles. The van der Waals surface area contributed by atoms with Gasteiger partial charge in [-0.15, -0.1) is 23.1 Å². The van der Waals surface area contributed by atoms with Crippen molar-refractivity contribution in [2.45, 2.75) is 17.7 Å². The van der Waals surface area contributed by atoms with Gasteiger partial charge in [-0.1, -0.05) is 18.2 Å². The predicted molar refractivity (Wildman–Crippen MR) is 109 cm³/mol. The first-order valence-corrected chi connectivity index (χ1v) is 10.4. The van der Waals surface area contributed by atoms with Gasteiger partial charge in [-0.05, 0) is 36.4 Å². The van der Waals surface area contributed by atoms with E-state index in [-0.39, 0.29) is 24.1 Å². The number of hydrazine groups is 1. The van der Waals surface area contributed by atoms with Crippen LogP contribution in [0.1, 0.15) is 12.1 Å². The van der Waals surface area contributed by atoms with Crippen LogP contribution in [0.25, 0.3) is 10.6 Å². The van der Waals surface area contributed by atoms with Crippen molar-refractivity contribution < 1.29 is 14.0 Å². The topological polar surface area (TPSA) is 71.1 Å². The maximum absolute atomic E-state index is 13.0. The Kier molecular flexibility index (Phi) is 7.16. The third-order valence-electron chi connectivity index (χ3n) is 3.67. The molecule has 144 valence electrons. The number of hydrogen-bond acceptors (Lipinski definition) is 5. The molecule has 3 aromatic rings. The molecular weight excluding hydrogens is 397 g/mol. The monoisotopic (exact) mass is 415 g/mol. The van der Waals surface area contributed by atoms with Crippen LogP contribution in [0, 0.1) is 5.82 Å². The largest absolute Gasteiger partial charge is 0.273 e. The molecule has 28 heavy (non-hydrogen) atoms. The molecule has 0 aliphatic rings. The number of halogens is 1. The van der Waals surface area contributed by atoms with E-state index in [4.69, 9.17) is 0 Å². The van der Waals surface area contributed by atoms with E-state index in [1.165, 1.54) is 23.5 Å². The highest BCUT2D eigenvalue weighted by molar-refractivity contribution is 7.99.